The Morgan fingerprint density at radius 3 is 3.00 bits per heavy atom. The van der Waals surface area contributed by atoms with Crippen LogP contribution in [0, 0.1) is 0 Å². The third-order valence-electron chi connectivity index (χ3n) is 3.20. The highest BCUT2D eigenvalue weighted by molar-refractivity contribution is 9.10. The molecule has 2 nitrogen and oxygen atoms in total. The fourth-order valence-corrected chi connectivity index (χ4v) is 2.81. The minimum absolute atomic E-state index is 0.509. The first-order chi connectivity index (χ1) is 7.34. The molecule has 0 aromatic heterocycles. The fourth-order valence-electron chi connectivity index (χ4n) is 2.28. The van der Waals surface area contributed by atoms with Gasteiger partial charge in [-0.2, -0.15) is 0 Å². The van der Waals surface area contributed by atoms with Crippen LogP contribution in [0.15, 0.2) is 16.6 Å². The van der Waals surface area contributed by atoms with Gasteiger partial charge in [0, 0.05) is 16.1 Å². The third-order valence-corrected chi connectivity index (χ3v) is 3.65. The predicted molar refractivity (Wildman–Crippen MR) is 63.3 cm³/mol. The van der Waals surface area contributed by atoms with Crippen LogP contribution in [0.4, 0.5) is 0 Å². The molecule has 0 bridgehead atoms. The second kappa shape index (κ2) is 3.80. The standard InChI is InChI=1S/C12H14BrNO/c13-9-6-8-2-1-5-15-12(8)10(7-9)11-3-4-14-11/h6-7,11,14H,1-5H2. The van der Waals surface area contributed by atoms with Crippen LogP contribution in [-0.4, -0.2) is 13.2 Å². The van der Waals surface area contributed by atoms with E-state index in [1.54, 1.807) is 0 Å². The number of hydrogen-bond donors (Lipinski definition) is 1. The minimum atomic E-state index is 0.509. The number of aryl methyl sites for hydroxylation is 1. The molecule has 1 N–H and O–H groups in total. The van der Waals surface area contributed by atoms with Crippen LogP contribution in [0.3, 0.4) is 0 Å². The van der Waals surface area contributed by atoms with Gasteiger partial charge in [0.2, 0.25) is 0 Å². The molecule has 80 valence electrons. The molecule has 0 radical (unpaired) electrons. The molecule has 3 heteroatoms. The summed E-state index contributed by atoms with van der Waals surface area (Å²) < 4.78 is 6.98. The van der Waals surface area contributed by atoms with E-state index in [1.807, 2.05) is 0 Å². The highest BCUT2D eigenvalue weighted by Crippen LogP contribution is 2.38. The quantitative estimate of drug-likeness (QED) is 0.845. The first-order valence-electron chi connectivity index (χ1n) is 5.53. The van der Waals surface area contributed by atoms with Crippen LogP contribution in [-0.2, 0) is 6.42 Å². The van der Waals surface area contributed by atoms with Crippen LogP contribution in [0.1, 0.15) is 30.0 Å². The summed E-state index contributed by atoms with van der Waals surface area (Å²) in [5, 5.41) is 3.44. The second-order valence-corrected chi connectivity index (χ2v) is 5.15. The molecule has 1 atom stereocenters. The van der Waals surface area contributed by atoms with E-state index in [1.165, 1.54) is 22.0 Å². The molecule has 1 unspecified atom stereocenters. The van der Waals surface area contributed by atoms with Gasteiger partial charge in [0.05, 0.1) is 6.61 Å². The van der Waals surface area contributed by atoms with E-state index in [-0.39, 0.29) is 0 Å². The Hall–Kier alpha value is -0.540. The Labute approximate surface area is 98.1 Å². The van der Waals surface area contributed by atoms with Gasteiger partial charge in [0.25, 0.3) is 0 Å². The number of rotatable bonds is 1. The normalized spacial score (nSPS) is 23.9. The Kier molecular flexibility index (Phi) is 2.45. The number of halogens is 1. The zero-order chi connectivity index (χ0) is 10.3. The smallest absolute Gasteiger partial charge is 0.127 e. The first kappa shape index (κ1) is 9.67. The van der Waals surface area contributed by atoms with Crippen molar-refractivity contribution in [3.63, 3.8) is 0 Å². The van der Waals surface area contributed by atoms with Crippen molar-refractivity contribution in [3.05, 3.63) is 27.7 Å². The number of ether oxygens (including phenoxy) is 1. The monoisotopic (exact) mass is 267 g/mol. The molecule has 1 aromatic carbocycles. The van der Waals surface area contributed by atoms with Gasteiger partial charge in [-0.3, -0.25) is 0 Å². The maximum atomic E-state index is 5.81. The van der Waals surface area contributed by atoms with E-state index in [2.05, 4.69) is 33.4 Å². The number of fused-ring (bicyclic) bond motifs is 1. The highest BCUT2D eigenvalue weighted by atomic mass is 79.9. The van der Waals surface area contributed by atoms with Gasteiger partial charge in [-0.25, -0.2) is 0 Å². The third kappa shape index (κ3) is 1.68. The van der Waals surface area contributed by atoms with E-state index >= 15 is 0 Å². The summed E-state index contributed by atoms with van der Waals surface area (Å²) in [6.45, 7) is 2.00. The van der Waals surface area contributed by atoms with Crippen molar-refractivity contribution in [1.82, 2.24) is 5.32 Å². The SMILES string of the molecule is Brc1cc2c(c(C3CCN3)c1)OCCC2. The van der Waals surface area contributed by atoms with E-state index in [9.17, 15) is 0 Å². The topological polar surface area (TPSA) is 21.3 Å². The highest BCUT2D eigenvalue weighted by Gasteiger charge is 2.25. The summed E-state index contributed by atoms with van der Waals surface area (Å²) in [6.07, 6.45) is 3.52. The lowest BCUT2D eigenvalue weighted by molar-refractivity contribution is 0.274. The van der Waals surface area contributed by atoms with E-state index in [4.69, 9.17) is 4.74 Å². The fraction of sp³-hybridized carbons (Fsp3) is 0.500. The van der Waals surface area contributed by atoms with Gasteiger partial charge in [-0.05, 0) is 43.5 Å². The van der Waals surface area contributed by atoms with Gasteiger partial charge in [-0.1, -0.05) is 15.9 Å². The summed E-state index contributed by atoms with van der Waals surface area (Å²) >= 11 is 3.58. The van der Waals surface area contributed by atoms with Gasteiger partial charge in [0.1, 0.15) is 5.75 Å². The Bertz CT molecular complexity index is 387. The van der Waals surface area contributed by atoms with Crippen LogP contribution in [0.5, 0.6) is 5.75 Å². The number of nitrogens with one attached hydrogen (secondary N) is 1. The molecule has 1 aromatic rings. The molecular weight excluding hydrogens is 254 g/mol. The lowest BCUT2D eigenvalue weighted by Gasteiger charge is -2.32. The van der Waals surface area contributed by atoms with Crippen molar-refractivity contribution in [3.8, 4) is 5.75 Å². The van der Waals surface area contributed by atoms with Crippen molar-refractivity contribution < 1.29 is 4.74 Å². The van der Waals surface area contributed by atoms with Crippen LogP contribution in [0.2, 0.25) is 0 Å². The largest absolute Gasteiger partial charge is 0.493 e. The van der Waals surface area contributed by atoms with Crippen molar-refractivity contribution in [2.24, 2.45) is 0 Å². The van der Waals surface area contributed by atoms with Crippen molar-refractivity contribution in [2.45, 2.75) is 25.3 Å². The van der Waals surface area contributed by atoms with Crippen molar-refractivity contribution >= 4 is 15.9 Å². The zero-order valence-electron chi connectivity index (χ0n) is 8.55. The summed E-state index contributed by atoms with van der Waals surface area (Å²) in [5.41, 5.74) is 2.70. The maximum Gasteiger partial charge on any atom is 0.127 e. The molecule has 2 aliphatic heterocycles. The lowest BCUT2D eigenvalue weighted by atomic mass is 9.93. The molecule has 3 rings (SSSR count). The molecule has 1 fully saturated rings. The van der Waals surface area contributed by atoms with Crippen LogP contribution >= 0.6 is 15.9 Å². The molecular formula is C12H14BrNO. The molecule has 0 amide bonds. The van der Waals surface area contributed by atoms with Gasteiger partial charge in [0.15, 0.2) is 0 Å². The second-order valence-electron chi connectivity index (χ2n) is 4.23. The minimum Gasteiger partial charge on any atom is -0.493 e. The molecule has 0 spiro atoms. The average molecular weight is 268 g/mol. The van der Waals surface area contributed by atoms with Gasteiger partial charge < -0.3 is 10.1 Å². The Morgan fingerprint density at radius 2 is 2.27 bits per heavy atom. The van der Waals surface area contributed by atoms with Gasteiger partial charge in [-0.15, -0.1) is 0 Å². The summed E-state index contributed by atoms with van der Waals surface area (Å²) in [6, 6.07) is 4.90. The molecule has 15 heavy (non-hydrogen) atoms. The number of benzene rings is 1. The Morgan fingerprint density at radius 1 is 1.40 bits per heavy atom. The van der Waals surface area contributed by atoms with Crippen molar-refractivity contribution in [1.29, 1.82) is 0 Å². The van der Waals surface area contributed by atoms with Crippen molar-refractivity contribution in [2.75, 3.05) is 13.2 Å². The van der Waals surface area contributed by atoms with E-state index in [0.29, 0.717) is 6.04 Å². The molecule has 1 saturated heterocycles. The van der Waals surface area contributed by atoms with E-state index < -0.39 is 0 Å². The van der Waals surface area contributed by atoms with E-state index in [0.717, 1.165) is 31.7 Å². The average Bonchev–Trinajstić information content (AvgIpc) is 2.14. The first-order valence-corrected chi connectivity index (χ1v) is 6.32. The maximum absolute atomic E-state index is 5.81. The van der Waals surface area contributed by atoms with Crippen LogP contribution in [0.25, 0.3) is 0 Å². The summed E-state index contributed by atoms with van der Waals surface area (Å²) in [4.78, 5) is 0. The molecule has 0 aliphatic carbocycles. The van der Waals surface area contributed by atoms with Crippen LogP contribution < -0.4 is 10.1 Å². The predicted octanol–water partition coefficient (Wildman–Crippen LogP) is 2.81. The summed E-state index contributed by atoms with van der Waals surface area (Å²) in [7, 11) is 0. The number of hydrogen-bond acceptors (Lipinski definition) is 2. The van der Waals surface area contributed by atoms with Gasteiger partial charge >= 0.3 is 0 Å². The molecule has 2 aliphatic rings. The molecule has 0 saturated carbocycles. The Balaban J connectivity index is 2.06. The summed E-state index contributed by atoms with van der Waals surface area (Å²) in [5.74, 6) is 1.14. The zero-order valence-corrected chi connectivity index (χ0v) is 10.1. The molecule has 2 heterocycles. The lowest BCUT2D eigenvalue weighted by Crippen LogP contribution is -2.35.